The van der Waals surface area contributed by atoms with Crippen molar-refractivity contribution in [3.05, 3.63) is 71.2 Å². The van der Waals surface area contributed by atoms with E-state index in [1.165, 1.54) is 23.0 Å². The second kappa shape index (κ2) is 11.5. The summed E-state index contributed by atoms with van der Waals surface area (Å²) < 4.78 is 5.12. The molecule has 7 nitrogen and oxygen atoms in total. The first-order valence-electron chi connectivity index (χ1n) is 11.8. The highest BCUT2D eigenvalue weighted by Crippen LogP contribution is 2.24. The molecule has 34 heavy (non-hydrogen) atoms. The van der Waals surface area contributed by atoms with Gasteiger partial charge in [0.1, 0.15) is 10.8 Å². The van der Waals surface area contributed by atoms with Crippen LogP contribution in [0.3, 0.4) is 0 Å². The highest BCUT2D eigenvalue weighted by atomic mass is 32.2. The van der Waals surface area contributed by atoms with E-state index in [9.17, 15) is 4.79 Å². The Hall–Kier alpha value is -2.84. The Morgan fingerprint density at radius 1 is 1.15 bits per heavy atom. The van der Waals surface area contributed by atoms with E-state index < -0.39 is 0 Å². The monoisotopic (exact) mass is 479 g/mol. The Labute approximate surface area is 205 Å². The Bertz CT molecular complexity index is 1090. The molecular weight excluding hydrogens is 446 g/mol. The topological polar surface area (TPSA) is 74.5 Å². The van der Waals surface area contributed by atoms with E-state index in [0.29, 0.717) is 16.3 Å². The number of thioether (sulfide) groups is 1. The zero-order valence-corrected chi connectivity index (χ0v) is 21.0. The SMILES string of the molecule is Cc1cccc(N2CCN(CCC(C)NC(=O)c3cccnc3SCc3cc(C)on3)CC2)c1. The lowest BCUT2D eigenvalue weighted by atomic mass is 10.1. The molecule has 1 unspecified atom stereocenters. The number of benzene rings is 1. The van der Waals surface area contributed by atoms with Crippen molar-refractivity contribution in [2.45, 2.75) is 44.0 Å². The Morgan fingerprint density at radius 2 is 1.97 bits per heavy atom. The second-order valence-corrected chi connectivity index (χ2v) is 9.87. The molecule has 1 N–H and O–H groups in total. The van der Waals surface area contributed by atoms with Gasteiger partial charge in [0, 0.05) is 62.5 Å². The number of rotatable bonds is 9. The molecule has 0 saturated carbocycles. The van der Waals surface area contributed by atoms with Crippen LogP contribution in [0.25, 0.3) is 0 Å². The van der Waals surface area contributed by atoms with Gasteiger partial charge in [-0.25, -0.2) is 4.98 Å². The van der Waals surface area contributed by atoms with Gasteiger partial charge in [-0.05, 0) is 57.0 Å². The fraction of sp³-hybridized carbons (Fsp3) is 0.423. The molecule has 0 bridgehead atoms. The molecule has 1 fully saturated rings. The van der Waals surface area contributed by atoms with Crippen molar-refractivity contribution < 1.29 is 9.32 Å². The maximum Gasteiger partial charge on any atom is 0.254 e. The molecule has 8 heteroatoms. The van der Waals surface area contributed by atoms with E-state index in [0.717, 1.165) is 50.6 Å². The van der Waals surface area contributed by atoms with Crippen LogP contribution >= 0.6 is 11.8 Å². The molecule has 0 spiro atoms. The lowest BCUT2D eigenvalue weighted by Crippen LogP contribution is -2.47. The number of amides is 1. The minimum absolute atomic E-state index is 0.0799. The van der Waals surface area contributed by atoms with Crippen molar-refractivity contribution in [3.63, 3.8) is 0 Å². The second-order valence-electron chi connectivity index (χ2n) is 8.90. The molecule has 3 heterocycles. The van der Waals surface area contributed by atoms with Gasteiger partial charge in [-0.2, -0.15) is 0 Å². The van der Waals surface area contributed by atoms with Crippen LogP contribution in [0.15, 0.2) is 58.2 Å². The highest BCUT2D eigenvalue weighted by Gasteiger charge is 2.19. The van der Waals surface area contributed by atoms with E-state index in [4.69, 9.17) is 4.52 Å². The molecule has 2 aromatic heterocycles. The van der Waals surface area contributed by atoms with Gasteiger partial charge in [0.15, 0.2) is 0 Å². The molecule has 1 aliphatic rings. The van der Waals surface area contributed by atoms with Crippen LogP contribution in [0.5, 0.6) is 0 Å². The number of anilines is 1. The Balaban J connectivity index is 1.23. The maximum atomic E-state index is 13.0. The average Bonchev–Trinajstić information content (AvgIpc) is 3.27. The zero-order valence-electron chi connectivity index (χ0n) is 20.2. The number of hydrogen-bond donors (Lipinski definition) is 1. The van der Waals surface area contributed by atoms with Gasteiger partial charge in [-0.15, -0.1) is 0 Å². The number of aromatic nitrogens is 2. The summed E-state index contributed by atoms with van der Waals surface area (Å²) in [6, 6.07) is 14.3. The van der Waals surface area contributed by atoms with Gasteiger partial charge >= 0.3 is 0 Å². The normalized spacial score (nSPS) is 15.3. The minimum Gasteiger partial charge on any atom is -0.369 e. The van der Waals surface area contributed by atoms with Crippen molar-refractivity contribution in [3.8, 4) is 0 Å². The Kier molecular flexibility index (Phi) is 8.24. The summed E-state index contributed by atoms with van der Waals surface area (Å²) in [7, 11) is 0. The largest absolute Gasteiger partial charge is 0.369 e. The zero-order chi connectivity index (χ0) is 23.9. The van der Waals surface area contributed by atoms with E-state index in [-0.39, 0.29) is 11.9 Å². The van der Waals surface area contributed by atoms with Crippen LogP contribution in [-0.4, -0.2) is 59.7 Å². The van der Waals surface area contributed by atoms with Gasteiger partial charge in [0.2, 0.25) is 0 Å². The van der Waals surface area contributed by atoms with Crippen molar-refractivity contribution in [2.75, 3.05) is 37.6 Å². The van der Waals surface area contributed by atoms with Gasteiger partial charge < -0.3 is 14.7 Å². The summed E-state index contributed by atoms with van der Waals surface area (Å²) in [6.07, 6.45) is 2.63. The number of nitrogens with zero attached hydrogens (tertiary/aromatic N) is 4. The number of carbonyl (C=O) groups excluding carboxylic acids is 1. The van der Waals surface area contributed by atoms with Crippen molar-refractivity contribution >= 4 is 23.4 Å². The fourth-order valence-corrected chi connectivity index (χ4v) is 4.98. The third kappa shape index (κ3) is 6.61. The van der Waals surface area contributed by atoms with E-state index >= 15 is 0 Å². The number of hydrogen-bond acceptors (Lipinski definition) is 7. The molecular formula is C26H33N5O2S. The molecule has 1 amide bonds. The standard InChI is InChI=1S/C26H33N5O2S/c1-19-6-4-7-23(16-19)31-14-12-30(13-15-31)11-9-20(2)28-25(32)24-8-5-10-27-26(24)34-18-22-17-21(3)33-29-22/h4-8,10,16-17,20H,9,11-15,18H2,1-3H3,(H,28,32). The third-order valence-corrected chi connectivity index (χ3v) is 7.08. The summed E-state index contributed by atoms with van der Waals surface area (Å²) in [4.78, 5) is 22.3. The van der Waals surface area contributed by atoms with Crippen molar-refractivity contribution in [1.29, 1.82) is 0 Å². The van der Waals surface area contributed by atoms with Crippen molar-refractivity contribution in [2.24, 2.45) is 0 Å². The minimum atomic E-state index is -0.0799. The third-order valence-electron chi connectivity index (χ3n) is 6.04. The smallest absolute Gasteiger partial charge is 0.254 e. The molecule has 3 aromatic rings. The Morgan fingerprint density at radius 3 is 2.71 bits per heavy atom. The lowest BCUT2D eigenvalue weighted by Gasteiger charge is -2.36. The molecule has 1 aromatic carbocycles. The summed E-state index contributed by atoms with van der Waals surface area (Å²) in [6.45, 7) is 11.2. The predicted molar refractivity (Wildman–Crippen MR) is 136 cm³/mol. The first-order chi connectivity index (χ1) is 16.5. The van der Waals surface area contributed by atoms with Gasteiger partial charge in [0.25, 0.3) is 5.91 Å². The van der Waals surface area contributed by atoms with Crippen LogP contribution in [0, 0.1) is 13.8 Å². The lowest BCUT2D eigenvalue weighted by molar-refractivity contribution is 0.0931. The van der Waals surface area contributed by atoms with E-state index in [1.54, 1.807) is 12.3 Å². The van der Waals surface area contributed by atoms with Crippen LogP contribution in [0.1, 0.15) is 40.7 Å². The first kappa shape index (κ1) is 24.3. The molecule has 0 aliphatic carbocycles. The molecule has 1 atom stereocenters. The van der Waals surface area contributed by atoms with Gasteiger partial charge in [0.05, 0.1) is 11.3 Å². The fourth-order valence-electron chi connectivity index (χ4n) is 4.11. The number of nitrogens with one attached hydrogen (secondary N) is 1. The molecule has 4 rings (SSSR count). The van der Waals surface area contributed by atoms with Crippen molar-refractivity contribution in [1.82, 2.24) is 20.4 Å². The predicted octanol–water partition coefficient (Wildman–Crippen LogP) is 4.31. The molecule has 180 valence electrons. The van der Waals surface area contributed by atoms with Crippen LogP contribution in [0.2, 0.25) is 0 Å². The van der Waals surface area contributed by atoms with Crippen LogP contribution < -0.4 is 10.2 Å². The molecule has 0 radical (unpaired) electrons. The quantitative estimate of drug-likeness (QED) is 0.459. The summed E-state index contributed by atoms with van der Waals surface area (Å²) in [5.74, 6) is 1.31. The summed E-state index contributed by atoms with van der Waals surface area (Å²) in [5.41, 5.74) is 4.05. The average molecular weight is 480 g/mol. The maximum absolute atomic E-state index is 13.0. The number of piperazine rings is 1. The summed E-state index contributed by atoms with van der Waals surface area (Å²) in [5, 5.41) is 7.88. The summed E-state index contributed by atoms with van der Waals surface area (Å²) >= 11 is 1.50. The highest BCUT2D eigenvalue weighted by molar-refractivity contribution is 7.98. The molecule has 1 aliphatic heterocycles. The number of aryl methyl sites for hydroxylation is 2. The van der Waals surface area contributed by atoms with Crippen LogP contribution in [0.4, 0.5) is 5.69 Å². The number of pyridine rings is 1. The van der Waals surface area contributed by atoms with E-state index in [1.807, 2.05) is 19.1 Å². The first-order valence-corrected chi connectivity index (χ1v) is 12.8. The molecule has 1 saturated heterocycles. The van der Waals surface area contributed by atoms with E-state index in [2.05, 4.69) is 63.4 Å². The van der Waals surface area contributed by atoms with Crippen LogP contribution in [-0.2, 0) is 5.75 Å². The van der Waals surface area contributed by atoms with Gasteiger partial charge in [-0.3, -0.25) is 9.69 Å². The number of carbonyl (C=O) groups is 1. The van der Waals surface area contributed by atoms with Gasteiger partial charge in [-0.1, -0.05) is 29.1 Å².